The van der Waals surface area contributed by atoms with Crippen molar-refractivity contribution >= 4 is 11.9 Å². The molecular weight excluding hydrogens is 208 g/mol. The molecule has 1 aromatic heterocycles. The normalized spacial score (nSPS) is 20.1. The molecule has 1 aromatic rings. The van der Waals surface area contributed by atoms with Crippen molar-refractivity contribution in [3.63, 3.8) is 0 Å². The number of aliphatic carboxylic acids is 1. The zero-order chi connectivity index (χ0) is 11.7. The second-order valence-corrected chi connectivity index (χ2v) is 4.00. The number of likely N-dealkylation sites (tertiary alicyclic amines) is 1. The summed E-state index contributed by atoms with van der Waals surface area (Å²) in [6.45, 7) is 0.529. The van der Waals surface area contributed by atoms with Gasteiger partial charge in [0, 0.05) is 19.8 Å². The number of carboxylic acid groups (broad SMARTS) is 1. The molecule has 0 spiro atoms. The zero-order valence-electron chi connectivity index (χ0n) is 9.09. The molecule has 2 heterocycles. The lowest BCUT2D eigenvalue weighted by molar-refractivity contribution is -0.141. The van der Waals surface area contributed by atoms with Gasteiger partial charge in [0.05, 0.1) is 0 Å². The van der Waals surface area contributed by atoms with Gasteiger partial charge in [0.2, 0.25) is 0 Å². The molecule has 0 bridgehead atoms. The fraction of sp³-hybridized carbons (Fsp3) is 0.455. The summed E-state index contributed by atoms with van der Waals surface area (Å²) in [4.78, 5) is 24.5. The van der Waals surface area contributed by atoms with Crippen molar-refractivity contribution in [3.05, 3.63) is 24.0 Å². The van der Waals surface area contributed by atoms with Crippen LogP contribution >= 0.6 is 0 Å². The van der Waals surface area contributed by atoms with Crippen LogP contribution in [0.15, 0.2) is 18.3 Å². The molecule has 0 radical (unpaired) electrons. The molecule has 16 heavy (non-hydrogen) atoms. The van der Waals surface area contributed by atoms with Crippen LogP contribution in [0.5, 0.6) is 0 Å². The first-order valence-corrected chi connectivity index (χ1v) is 5.26. The van der Waals surface area contributed by atoms with Crippen molar-refractivity contribution in [2.24, 2.45) is 7.05 Å². The average Bonchev–Trinajstić information content (AvgIpc) is 2.84. The van der Waals surface area contributed by atoms with E-state index in [0.29, 0.717) is 18.7 Å². The molecule has 1 N–H and O–H groups in total. The van der Waals surface area contributed by atoms with Gasteiger partial charge in [-0.2, -0.15) is 0 Å². The molecule has 5 heteroatoms. The first kappa shape index (κ1) is 10.7. The molecule has 1 saturated heterocycles. The van der Waals surface area contributed by atoms with E-state index in [9.17, 15) is 9.59 Å². The molecule has 0 aliphatic carbocycles. The van der Waals surface area contributed by atoms with Gasteiger partial charge in [0.25, 0.3) is 5.91 Å². The summed E-state index contributed by atoms with van der Waals surface area (Å²) in [6.07, 6.45) is 3.08. The number of hydrogen-bond donors (Lipinski definition) is 1. The lowest BCUT2D eigenvalue weighted by atomic mass is 10.2. The molecule has 2 rings (SSSR count). The van der Waals surface area contributed by atoms with Gasteiger partial charge >= 0.3 is 5.97 Å². The second kappa shape index (κ2) is 4.00. The molecule has 1 atom stereocenters. The number of aryl methyl sites for hydroxylation is 1. The van der Waals surface area contributed by atoms with E-state index in [0.717, 1.165) is 6.42 Å². The Morgan fingerprint density at radius 1 is 1.50 bits per heavy atom. The molecule has 1 amide bonds. The standard InChI is InChI=1S/C11H14N2O3/c1-12-6-2-4-8(12)10(14)13-7-3-5-9(13)11(15)16/h2,4,6,9H,3,5,7H2,1H3,(H,15,16)/t9-/m1/s1. The maximum absolute atomic E-state index is 12.1. The van der Waals surface area contributed by atoms with E-state index in [1.54, 1.807) is 29.9 Å². The van der Waals surface area contributed by atoms with Gasteiger partial charge in [0.15, 0.2) is 0 Å². The summed E-state index contributed by atoms with van der Waals surface area (Å²) in [6, 6.07) is 2.82. The van der Waals surface area contributed by atoms with Crippen LogP contribution in [0.2, 0.25) is 0 Å². The van der Waals surface area contributed by atoms with Crippen LogP contribution in [-0.4, -0.2) is 39.0 Å². The van der Waals surface area contributed by atoms with Gasteiger partial charge < -0.3 is 14.6 Å². The third-order valence-corrected chi connectivity index (χ3v) is 2.96. The minimum atomic E-state index is -0.917. The number of carboxylic acids is 1. The quantitative estimate of drug-likeness (QED) is 0.801. The van der Waals surface area contributed by atoms with Gasteiger partial charge in [-0.25, -0.2) is 4.79 Å². The number of hydrogen-bond acceptors (Lipinski definition) is 2. The summed E-state index contributed by atoms with van der Waals surface area (Å²) in [5.74, 6) is -1.11. The Balaban J connectivity index is 2.22. The topological polar surface area (TPSA) is 62.5 Å². The Morgan fingerprint density at radius 3 is 2.81 bits per heavy atom. The number of aromatic nitrogens is 1. The van der Waals surface area contributed by atoms with E-state index >= 15 is 0 Å². The lowest BCUT2D eigenvalue weighted by Gasteiger charge is -2.21. The maximum Gasteiger partial charge on any atom is 0.326 e. The molecule has 1 aliphatic heterocycles. The number of carbonyl (C=O) groups is 2. The Morgan fingerprint density at radius 2 is 2.25 bits per heavy atom. The third kappa shape index (κ3) is 1.68. The van der Waals surface area contributed by atoms with E-state index in [1.807, 2.05) is 0 Å². The first-order valence-electron chi connectivity index (χ1n) is 5.26. The van der Waals surface area contributed by atoms with Crippen LogP contribution in [0.3, 0.4) is 0 Å². The second-order valence-electron chi connectivity index (χ2n) is 4.00. The molecule has 86 valence electrons. The van der Waals surface area contributed by atoms with Crippen molar-refractivity contribution in [3.8, 4) is 0 Å². The predicted octanol–water partition coefficient (Wildman–Crippen LogP) is 0.714. The number of amides is 1. The van der Waals surface area contributed by atoms with Crippen LogP contribution in [0.25, 0.3) is 0 Å². The number of carbonyl (C=O) groups excluding carboxylic acids is 1. The summed E-state index contributed by atoms with van der Waals surface area (Å²) in [7, 11) is 1.78. The van der Waals surface area contributed by atoms with Gasteiger partial charge in [-0.3, -0.25) is 4.79 Å². The van der Waals surface area contributed by atoms with Gasteiger partial charge in [-0.05, 0) is 25.0 Å². The molecule has 0 aromatic carbocycles. The molecule has 1 aliphatic rings. The summed E-state index contributed by atoms with van der Waals surface area (Å²) >= 11 is 0. The molecule has 5 nitrogen and oxygen atoms in total. The monoisotopic (exact) mass is 222 g/mol. The highest BCUT2D eigenvalue weighted by Crippen LogP contribution is 2.20. The molecule has 0 saturated carbocycles. The minimum Gasteiger partial charge on any atom is -0.480 e. The van der Waals surface area contributed by atoms with Crippen molar-refractivity contribution in [1.29, 1.82) is 0 Å². The summed E-state index contributed by atoms with van der Waals surface area (Å²) < 4.78 is 1.71. The van der Waals surface area contributed by atoms with Crippen LogP contribution in [0, 0.1) is 0 Å². The maximum atomic E-state index is 12.1. The smallest absolute Gasteiger partial charge is 0.326 e. The lowest BCUT2D eigenvalue weighted by Crippen LogP contribution is -2.41. The number of rotatable bonds is 2. The minimum absolute atomic E-state index is 0.197. The largest absolute Gasteiger partial charge is 0.480 e. The summed E-state index contributed by atoms with van der Waals surface area (Å²) in [5, 5.41) is 9.00. The first-order chi connectivity index (χ1) is 7.61. The highest BCUT2D eigenvalue weighted by Gasteiger charge is 2.34. The van der Waals surface area contributed by atoms with Crippen LogP contribution in [-0.2, 0) is 11.8 Å². The highest BCUT2D eigenvalue weighted by atomic mass is 16.4. The van der Waals surface area contributed by atoms with Gasteiger partial charge in [0.1, 0.15) is 11.7 Å². The zero-order valence-corrected chi connectivity index (χ0v) is 9.09. The van der Waals surface area contributed by atoms with E-state index in [-0.39, 0.29) is 5.91 Å². The molecule has 0 unspecified atom stereocenters. The fourth-order valence-electron chi connectivity index (χ4n) is 2.10. The Labute approximate surface area is 93.3 Å². The molecular formula is C11H14N2O3. The van der Waals surface area contributed by atoms with E-state index in [2.05, 4.69) is 0 Å². The van der Waals surface area contributed by atoms with Crippen molar-refractivity contribution in [2.75, 3.05) is 6.54 Å². The Hall–Kier alpha value is -1.78. The SMILES string of the molecule is Cn1cccc1C(=O)N1CCC[C@@H]1C(=O)O. The van der Waals surface area contributed by atoms with Crippen molar-refractivity contribution < 1.29 is 14.7 Å². The Kier molecular flexibility index (Phi) is 2.68. The predicted molar refractivity (Wildman–Crippen MR) is 57.1 cm³/mol. The number of nitrogens with zero attached hydrogens (tertiary/aromatic N) is 2. The van der Waals surface area contributed by atoms with E-state index < -0.39 is 12.0 Å². The van der Waals surface area contributed by atoms with Crippen molar-refractivity contribution in [2.45, 2.75) is 18.9 Å². The Bertz CT molecular complexity index is 425. The van der Waals surface area contributed by atoms with Crippen LogP contribution in [0.4, 0.5) is 0 Å². The van der Waals surface area contributed by atoms with Gasteiger partial charge in [-0.15, -0.1) is 0 Å². The average molecular weight is 222 g/mol. The van der Waals surface area contributed by atoms with E-state index in [1.165, 1.54) is 4.90 Å². The highest BCUT2D eigenvalue weighted by molar-refractivity contribution is 5.95. The van der Waals surface area contributed by atoms with Crippen LogP contribution in [0.1, 0.15) is 23.3 Å². The van der Waals surface area contributed by atoms with Gasteiger partial charge in [-0.1, -0.05) is 0 Å². The van der Waals surface area contributed by atoms with Crippen molar-refractivity contribution in [1.82, 2.24) is 9.47 Å². The fourth-order valence-corrected chi connectivity index (χ4v) is 2.10. The van der Waals surface area contributed by atoms with E-state index in [4.69, 9.17) is 5.11 Å². The third-order valence-electron chi connectivity index (χ3n) is 2.96. The summed E-state index contributed by atoms with van der Waals surface area (Å²) in [5.41, 5.74) is 0.535. The van der Waals surface area contributed by atoms with Crippen LogP contribution < -0.4 is 0 Å². The molecule has 1 fully saturated rings.